The number of hydrogen-bond acceptors (Lipinski definition) is 0. The zero-order valence-corrected chi connectivity index (χ0v) is 17.4. The third kappa shape index (κ3) is 3.39. The summed E-state index contributed by atoms with van der Waals surface area (Å²) in [6, 6.07) is 40.9. The van der Waals surface area contributed by atoms with Gasteiger partial charge in [0.25, 0.3) is 0 Å². The number of hydrogen-bond donors (Lipinski definition) is 0. The van der Waals surface area contributed by atoms with Gasteiger partial charge in [0.1, 0.15) is 0 Å². The fraction of sp³-hybridized carbons (Fsp3) is 0. The molecule has 5 aromatic rings. The number of benzene rings is 5. The topological polar surface area (TPSA) is 0 Å². The fourth-order valence-corrected chi connectivity index (χ4v) is 4.55. The van der Waals surface area contributed by atoms with E-state index in [2.05, 4.69) is 125 Å². The van der Waals surface area contributed by atoms with Crippen LogP contribution in [-0.4, -0.2) is 0 Å². The predicted octanol–water partition coefficient (Wildman–Crippen LogP) is 8.60. The Balaban J connectivity index is 1.67. The summed E-state index contributed by atoms with van der Waals surface area (Å²) >= 11 is 3.84. The molecule has 0 aromatic heterocycles. The number of rotatable bonds is 3. The number of fused-ring (bicyclic) bond motifs is 1. The molecule has 29 heavy (non-hydrogen) atoms. The van der Waals surface area contributed by atoms with Crippen molar-refractivity contribution < 1.29 is 0 Å². The van der Waals surface area contributed by atoms with Gasteiger partial charge in [-0.3, -0.25) is 0 Å². The SMILES string of the molecule is Brc1cc(-c2ccccc2)ccc1-c1ccccc1-c1cccc2ccccc12. The van der Waals surface area contributed by atoms with Crippen LogP contribution in [-0.2, 0) is 0 Å². The second-order valence-corrected chi connectivity index (χ2v) is 7.99. The molecule has 0 aliphatic carbocycles. The Morgan fingerprint density at radius 1 is 0.414 bits per heavy atom. The third-order valence-electron chi connectivity index (χ3n) is 5.37. The van der Waals surface area contributed by atoms with E-state index in [-0.39, 0.29) is 0 Å². The van der Waals surface area contributed by atoms with Crippen molar-refractivity contribution >= 4 is 26.7 Å². The summed E-state index contributed by atoms with van der Waals surface area (Å²) in [4.78, 5) is 0. The van der Waals surface area contributed by atoms with Gasteiger partial charge >= 0.3 is 0 Å². The van der Waals surface area contributed by atoms with Gasteiger partial charge in [0.2, 0.25) is 0 Å². The van der Waals surface area contributed by atoms with Gasteiger partial charge in [0, 0.05) is 4.47 Å². The maximum Gasteiger partial charge on any atom is 0.0260 e. The van der Waals surface area contributed by atoms with Crippen molar-refractivity contribution in [1.29, 1.82) is 0 Å². The van der Waals surface area contributed by atoms with Crippen LogP contribution >= 0.6 is 15.9 Å². The molecule has 138 valence electrons. The molecule has 0 fully saturated rings. The molecule has 0 atom stereocenters. The average Bonchev–Trinajstić information content (AvgIpc) is 2.79. The van der Waals surface area contributed by atoms with Crippen LogP contribution in [0.25, 0.3) is 44.2 Å². The Labute approximate surface area is 179 Å². The molecule has 1 heteroatoms. The quantitative estimate of drug-likeness (QED) is 0.266. The molecular weight excluding hydrogens is 416 g/mol. The van der Waals surface area contributed by atoms with Gasteiger partial charge in [0.05, 0.1) is 0 Å². The molecule has 0 aliphatic heterocycles. The van der Waals surface area contributed by atoms with Crippen LogP contribution < -0.4 is 0 Å². The van der Waals surface area contributed by atoms with Gasteiger partial charge < -0.3 is 0 Å². The minimum absolute atomic E-state index is 1.10. The second kappa shape index (κ2) is 7.69. The van der Waals surface area contributed by atoms with Crippen molar-refractivity contribution in [3.8, 4) is 33.4 Å². The van der Waals surface area contributed by atoms with Gasteiger partial charge in [-0.25, -0.2) is 0 Å². The first-order chi connectivity index (χ1) is 14.3. The van der Waals surface area contributed by atoms with E-state index in [1.807, 2.05) is 6.07 Å². The summed E-state index contributed by atoms with van der Waals surface area (Å²) in [7, 11) is 0. The van der Waals surface area contributed by atoms with Crippen molar-refractivity contribution in [3.05, 3.63) is 120 Å². The minimum atomic E-state index is 1.10. The van der Waals surface area contributed by atoms with Gasteiger partial charge in [0.15, 0.2) is 0 Å². The Kier molecular flexibility index (Phi) is 4.75. The van der Waals surface area contributed by atoms with Crippen LogP contribution in [0, 0.1) is 0 Å². The summed E-state index contributed by atoms with van der Waals surface area (Å²) in [6.07, 6.45) is 0. The smallest absolute Gasteiger partial charge is 0.0260 e. The van der Waals surface area contributed by atoms with Crippen LogP contribution in [0.1, 0.15) is 0 Å². The van der Waals surface area contributed by atoms with Gasteiger partial charge in [-0.1, -0.05) is 125 Å². The highest BCUT2D eigenvalue weighted by Gasteiger charge is 2.12. The van der Waals surface area contributed by atoms with Crippen molar-refractivity contribution in [3.63, 3.8) is 0 Å². The summed E-state index contributed by atoms with van der Waals surface area (Å²) in [5.74, 6) is 0. The summed E-state index contributed by atoms with van der Waals surface area (Å²) in [6.45, 7) is 0. The molecule has 0 bridgehead atoms. The maximum atomic E-state index is 3.84. The Hall–Kier alpha value is -3.16. The lowest BCUT2D eigenvalue weighted by atomic mass is 9.91. The lowest BCUT2D eigenvalue weighted by Crippen LogP contribution is -1.88. The molecule has 0 amide bonds. The lowest BCUT2D eigenvalue weighted by molar-refractivity contribution is 1.55. The van der Waals surface area contributed by atoms with Crippen molar-refractivity contribution in [2.24, 2.45) is 0 Å². The van der Waals surface area contributed by atoms with Crippen LogP contribution in [0.2, 0.25) is 0 Å². The fourth-order valence-electron chi connectivity index (χ4n) is 3.96. The van der Waals surface area contributed by atoms with Crippen LogP contribution in [0.4, 0.5) is 0 Å². The van der Waals surface area contributed by atoms with Crippen LogP contribution in [0.15, 0.2) is 120 Å². The average molecular weight is 435 g/mol. The van der Waals surface area contributed by atoms with E-state index in [4.69, 9.17) is 0 Å². The molecule has 0 radical (unpaired) electrons. The molecule has 0 unspecified atom stereocenters. The first kappa shape index (κ1) is 17.9. The first-order valence-electron chi connectivity index (χ1n) is 9.74. The first-order valence-corrected chi connectivity index (χ1v) is 10.5. The Morgan fingerprint density at radius 3 is 1.83 bits per heavy atom. The molecule has 0 spiro atoms. The monoisotopic (exact) mass is 434 g/mol. The molecule has 0 saturated carbocycles. The van der Waals surface area contributed by atoms with E-state index in [0.29, 0.717) is 0 Å². The van der Waals surface area contributed by atoms with E-state index in [1.165, 1.54) is 44.2 Å². The van der Waals surface area contributed by atoms with E-state index in [0.717, 1.165) is 4.47 Å². The van der Waals surface area contributed by atoms with E-state index in [1.54, 1.807) is 0 Å². The Bertz CT molecular complexity index is 1300. The molecule has 0 N–H and O–H groups in total. The largest absolute Gasteiger partial charge is 0.0622 e. The molecule has 0 nitrogen and oxygen atoms in total. The summed E-state index contributed by atoms with van der Waals surface area (Å²) in [5, 5.41) is 2.54. The van der Waals surface area contributed by atoms with Crippen molar-refractivity contribution in [1.82, 2.24) is 0 Å². The van der Waals surface area contributed by atoms with Gasteiger partial charge in [-0.2, -0.15) is 0 Å². The number of halogens is 1. The zero-order valence-electron chi connectivity index (χ0n) is 15.8. The molecular formula is C28H19Br. The van der Waals surface area contributed by atoms with Crippen LogP contribution in [0.5, 0.6) is 0 Å². The standard InChI is InChI=1S/C28H19Br/c29-28-19-22(20-9-2-1-3-10-20)17-18-27(28)26-15-7-6-14-25(26)24-16-8-12-21-11-4-5-13-23(21)24/h1-19H. The normalized spacial score (nSPS) is 10.9. The Morgan fingerprint density at radius 2 is 1.03 bits per heavy atom. The molecule has 5 rings (SSSR count). The molecule has 0 aliphatic rings. The van der Waals surface area contributed by atoms with Crippen LogP contribution in [0.3, 0.4) is 0 Å². The maximum absolute atomic E-state index is 3.84. The van der Waals surface area contributed by atoms with Gasteiger partial charge in [-0.15, -0.1) is 0 Å². The van der Waals surface area contributed by atoms with E-state index in [9.17, 15) is 0 Å². The van der Waals surface area contributed by atoms with Crippen molar-refractivity contribution in [2.45, 2.75) is 0 Å². The second-order valence-electron chi connectivity index (χ2n) is 7.13. The predicted molar refractivity (Wildman–Crippen MR) is 128 cm³/mol. The third-order valence-corrected chi connectivity index (χ3v) is 6.03. The summed E-state index contributed by atoms with van der Waals surface area (Å²) in [5.41, 5.74) is 7.38. The highest BCUT2D eigenvalue weighted by Crippen LogP contribution is 2.40. The molecule has 0 saturated heterocycles. The van der Waals surface area contributed by atoms with E-state index >= 15 is 0 Å². The molecule has 0 heterocycles. The lowest BCUT2D eigenvalue weighted by Gasteiger charge is -2.15. The summed E-state index contributed by atoms with van der Waals surface area (Å²) < 4.78 is 1.10. The molecule has 5 aromatic carbocycles. The van der Waals surface area contributed by atoms with Crippen molar-refractivity contribution in [2.75, 3.05) is 0 Å². The van der Waals surface area contributed by atoms with E-state index < -0.39 is 0 Å². The minimum Gasteiger partial charge on any atom is -0.0622 e. The highest BCUT2D eigenvalue weighted by molar-refractivity contribution is 9.10. The zero-order chi connectivity index (χ0) is 19.6. The highest BCUT2D eigenvalue weighted by atomic mass is 79.9. The van der Waals surface area contributed by atoms with Gasteiger partial charge in [-0.05, 0) is 50.2 Å².